The number of carbonyl (C=O) groups excluding carboxylic acids is 1. The Hall–Kier alpha value is -0.840. The number of carbonyl (C=O) groups is 1. The van der Waals surface area contributed by atoms with E-state index in [-0.39, 0.29) is 10.9 Å². The predicted molar refractivity (Wildman–Crippen MR) is 88.3 cm³/mol. The second-order valence-electron chi connectivity index (χ2n) is 6.34. The molecule has 1 aliphatic heterocycles. The Morgan fingerprint density at radius 2 is 2.00 bits per heavy atom. The normalized spacial score (nSPS) is 22.6. The first-order valence-electron chi connectivity index (χ1n) is 8.08. The molecule has 0 spiro atoms. The summed E-state index contributed by atoms with van der Waals surface area (Å²) in [5, 5.41) is 0.357. The lowest BCUT2D eigenvalue weighted by Crippen LogP contribution is -2.42. The van der Waals surface area contributed by atoms with Gasteiger partial charge in [0.2, 0.25) is 5.91 Å². The molecule has 2 aliphatic rings. The van der Waals surface area contributed by atoms with Gasteiger partial charge in [-0.15, -0.1) is 0 Å². The predicted octanol–water partition coefficient (Wildman–Crippen LogP) is 4.61. The van der Waals surface area contributed by atoms with Crippen LogP contribution in [0.4, 0.5) is 4.39 Å². The summed E-state index contributed by atoms with van der Waals surface area (Å²) >= 11 is 11.9. The highest BCUT2D eigenvalue weighted by Gasteiger charge is 2.29. The third-order valence-corrected chi connectivity index (χ3v) is 5.36. The van der Waals surface area contributed by atoms with Crippen molar-refractivity contribution >= 4 is 29.1 Å². The van der Waals surface area contributed by atoms with Crippen LogP contribution in [-0.2, 0) is 9.53 Å². The van der Waals surface area contributed by atoms with E-state index in [0.29, 0.717) is 42.6 Å². The number of halogens is 3. The van der Waals surface area contributed by atoms with Crippen LogP contribution in [-0.4, -0.2) is 30.5 Å². The molecule has 0 N–H and O–H groups in total. The molecule has 0 radical (unpaired) electrons. The van der Waals surface area contributed by atoms with Crippen molar-refractivity contribution in [3.63, 3.8) is 0 Å². The zero-order valence-electron chi connectivity index (χ0n) is 12.9. The van der Waals surface area contributed by atoms with E-state index in [2.05, 4.69) is 0 Å². The average Bonchev–Trinajstić information content (AvgIpc) is 3.04. The van der Waals surface area contributed by atoms with Gasteiger partial charge < -0.3 is 9.64 Å². The molecule has 3 nitrogen and oxygen atoms in total. The SMILES string of the molecule is O=C(CC1CCCC1)N1CCOC(c2cc(F)c(Cl)cc2Cl)C1. The molecule has 1 saturated carbocycles. The van der Waals surface area contributed by atoms with E-state index in [1.807, 2.05) is 4.90 Å². The van der Waals surface area contributed by atoms with E-state index in [4.69, 9.17) is 27.9 Å². The van der Waals surface area contributed by atoms with Gasteiger partial charge >= 0.3 is 0 Å². The summed E-state index contributed by atoms with van der Waals surface area (Å²) in [7, 11) is 0. The molecule has 1 aromatic rings. The topological polar surface area (TPSA) is 29.5 Å². The molecule has 1 heterocycles. The molecule has 1 aliphatic carbocycles. The summed E-state index contributed by atoms with van der Waals surface area (Å²) < 4.78 is 19.4. The van der Waals surface area contributed by atoms with Crippen molar-refractivity contribution in [3.8, 4) is 0 Å². The van der Waals surface area contributed by atoms with E-state index >= 15 is 0 Å². The summed E-state index contributed by atoms with van der Waals surface area (Å²) in [5.41, 5.74) is 0.548. The van der Waals surface area contributed by atoms with Crippen LogP contribution < -0.4 is 0 Å². The van der Waals surface area contributed by atoms with Gasteiger partial charge in [0.1, 0.15) is 11.9 Å². The van der Waals surface area contributed by atoms with Crippen LogP contribution in [0.1, 0.15) is 43.8 Å². The van der Waals surface area contributed by atoms with E-state index < -0.39 is 11.9 Å². The summed E-state index contributed by atoms with van der Waals surface area (Å²) in [6.07, 6.45) is 4.94. The molecule has 1 amide bonds. The van der Waals surface area contributed by atoms with Gasteiger partial charge in [-0.3, -0.25) is 4.79 Å². The van der Waals surface area contributed by atoms with E-state index in [0.717, 1.165) is 12.8 Å². The third-order valence-electron chi connectivity index (χ3n) is 4.74. The highest BCUT2D eigenvalue weighted by atomic mass is 35.5. The molecule has 3 rings (SSSR count). The van der Waals surface area contributed by atoms with Crippen molar-refractivity contribution in [3.05, 3.63) is 33.6 Å². The van der Waals surface area contributed by atoms with Crippen LogP contribution in [0.5, 0.6) is 0 Å². The van der Waals surface area contributed by atoms with Crippen LogP contribution in [0.2, 0.25) is 10.0 Å². The third kappa shape index (κ3) is 3.98. The largest absolute Gasteiger partial charge is 0.370 e. The second kappa shape index (κ2) is 7.37. The lowest BCUT2D eigenvalue weighted by molar-refractivity contribution is -0.140. The number of rotatable bonds is 3. The molecule has 6 heteroatoms. The fourth-order valence-electron chi connectivity index (χ4n) is 3.44. The molecule has 0 bridgehead atoms. The fourth-order valence-corrected chi connectivity index (χ4v) is 3.94. The first kappa shape index (κ1) is 17.0. The van der Waals surface area contributed by atoms with E-state index in [1.165, 1.54) is 25.0 Å². The maximum absolute atomic E-state index is 13.7. The Bertz CT molecular complexity index is 590. The van der Waals surface area contributed by atoms with Crippen LogP contribution in [0, 0.1) is 11.7 Å². The molecular formula is C17H20Cl2FNO2. The summed E-state index contributed by atoms with van der Waals surface area (Å²) in [6, 6.07) is 2.69. The van der Waals surface area contributed by atoms with Crippen LogP contribution >= 0.6 is 23.2 Å². The highest BCUT2D eigenvalue weighted by molar-refractivity contribution is 6.35. The molecule has 0 aromatic heterocycles. The van der Waals surface area contributed by atoms with Gasteiger partial charge in [0, 0.05) is 23.6 Å². The number of hydrogen-bond donors (Lipinski definition) is 0. The molecule has 1 saturated heterocycles. The maximum atomic E-state index is 13.7. The number of benzene rings is 1. The number of morpholine rings is 1. The fraction of sp³-hybridized carbons (Fsp3) is 0.588. The molecule has 1 unspecified atom stereocenters. The number of ether oxygens (including phenoxy) is 1. The highest BCUT2D eigenvalue weighted by Crippen LogP contribution is 2.33. The van der Waals surface area contributed by atoms with Crippen molar-refractivity contribution in [1.82, 2.24) is 4.90 Å². The quantitative estimate of drug-likeness (QED) is 0.737. The monoisotopic (exact) mass is 359 g/mol. The summed E-state index contributed by atoms with van der Waals surface area (Å²) in [4.78, 5) is 14.3. The van der Waals surface area contributed by atoms with Crippen molar-refractivity contribution in [2.75, 3.05) is 19.7 Å². The van der Waals surface area contributed by atoms with Gasteiger partial charge in [0.25, 0.3) is 0 Å². The molecule has 1 atom stereocenters. The minimum atomic E-state index is -0.524. The van der Waals surface area contributed by atoms with Gasteiger partial charge in [-0.1, -0.05) is 36.0 Å². The van der Waals surface area contributed by atoms with Gasteiger partial charge in [-0.2, -0.15) is 0 Å². The Kier molecular flexibility index (Phi) is 5.45. The van der Waals surface area contributed by atoms with Gasteiger partial charge in [-0.25, -0.2) is 4.39 Å². The van der Waals surface area contributed by atoms with Crippen molar-refractivity contribution in [2.24, 2.45) is 5.92 Å². The Morgan fingerprint density at radius 3 is 2.74 bits per heavy atom. The van der Waals surface area contributed by atoms with E-state index in [9.17, 15) is 9.18 Å². The van der Waals surface area contributed by atoms with Crippen LogP contribution in [0.3, 0.4) is 0 Å². The van der Waals surface area contributed by atoms with E-state index in [1.54, 1.807) is 0 Å². The van der Waals surface area contributed by atoms with Gasteiger partial charge in [-0.05, 0) is 30.9 Å². The van der Waals surface area contributed by atoms with Gasteiger partial charge in [0.05, 0.1) is 18.2 Å². The maximum Gasteiger partial charge on any atom is 0.223 e. The Balaban J connectivity index is 1.68. The lowest BCUT2D eigenvalue weighted by Gasteiger charge is -2.34. The molecule has 126 valence electrons. The number of hydrogen-bond acceptors (Lipinski definition) is 2. The zero-order valence-corrected chi connectivity index (χ0v) is 14.4. The minimum Gasteiger partial charge on any atom is -0.370 e. The Labute approximate surface area is 145 Å². The standard InChI is InChI=1S/C17H20Cl2FNO2/c18-13-9-14(19)15(20)8-12(13)16-10-21(5-6-23-16)17(22)7-11-3-1-2-4-11/h8-9,11,16H,1-7,10H2. The first-order chi connectivity index (χ1) is 11.0. The van der Waals surface area contributed by atoms with Crippen LogP contribution in [0.15, 0.2) is 12.1 Å². The minimum absolute atomic E-state index is 0.0104. The van der Waals surface area contributed by atoms with Crippen LogP contribution in [0.25, 0.3) is 0 Å². The number of nitrogens with zero attached hydrogens (tertiary/aromatic N) is 1. The zero-order chi connectivity index (χ0) is 16.4. The molecule has 23 heavy (non-hydrogen) atoms. The molecule has 2 fully saturated rings. The Morgan fingerprint density at radius 1 is 1.26 bits per heavy atom. The smallest absolute Gasteiger partial charge is 0.223 e. The van der Waals surface area contributed by atoms with Crippen molar-refractivity contribution in [1.29, 1.82) is 0 Å². The lowest BCUT2D eigenvalue weighted by atomic mass is 10.0. The molecular weight excluding hydrogens is 340 g/mol. The first-order valence-corrected chi connectivity index (χ1v) is 8.84. The number of amides is 1. The van der Waals surface area contributed by atoms with Crippen molar-refractivity contribution < 1.29 is 13.9 Å². The molecule has 1 aromatic carbocycles. The second-order valence-corrected chi connectivity index (χ2v) is 7.16. The summed E-state index contributed by atoms with van der Waals surface area (Å²) in [6.45, 7) is 1.42. The van der Waals surface area contributed by atoms with Crippen molar-refractivity contribution in [2.45, 2.75) is 38.2 Å². The summed E-state index contributed by atoms with van der Waals surface area (Å²) in [5.74, 6) is 0.153. The van der Waals surface area contributed by atoms with Gasteiger partial charge in [0.15, 0.2) is 0 Å². The average molecular weight is 360 g/mol.